The quantitative estimate of drug-likeness (QED) is 0.462. The largest absolute Gasteiger partial charge is 0.508 e. The van der Waals surface area contributed by atoms with Gasteiger partial charge in [-0.25, -0.2) is 4.79 Å². The molecule has 2 aromatic carbocycles. The first kappa shape index (κ1) is 14.3. The van der Waals surface area contributed by atoms with Crippen molar-refractivity contribution in [2.75, 3.05) is 6.61 Å². The van der Waals surface area contributed by atoms with Gasteiger partial charge in [0.2, 0.25) is 0 Å². The van der Waals surface area contributed by atoms with E-state index in [1.807, 2.05) is 24.4 Å². The number of fused-ring (bicyclic) bond motifs is 3. The van der Waals surface area contributed by atoms with E-state index in [-0.39, 0.29) is 5.75 Å². The Morgan fingerprint density at radius 2 is 2.00 bits per heavy atom. The summed E-state index contributed by atoms with van der Waals surface area (Å²) < 4.78 is 12.8. The van der Waals surface area contributed by atoms with Gasteiger partial charge in [0, 0.05) is 29.2 Å². The van der Waals surface area contributed by atoms with Gasteiger partial charge in [0.1, 0.15) is 23.7 Å². The van der Waals surface area contributed by atoms with Crippen molar-refractivity contribution in [1.29, 1.82) is 0 Å². The number of phenolic OH excluding ortho intramolecular Hbond substituents is 1. The predicted molar refractivity (Wildman–Crippen MR) is 89.4 cm³/mol. The number of phenols is 1. The first-order valence-corrected chi connectivity index (χ1v) is 7.50. The molecule has 0 aliphatic rings. The molecule has 2 aromatic heterocycles. The molecule has 4 aromatic rings. The van der Waals surface area contributed by atoms with E-state index in [2.05, 4.69) is 5.10 Å². The van der Waals surface area contributed by atoms with E-state index in [1.54, 1.807) is 29.1 Å². The van der Waals surface area contributed by atoms with Gasteiger partial charge < -0.3 is 14.3 Å². The molecule has 6 nitrogen and oxygen atoms in total. The van der Waals surface area contributed by atoms with E-state index in [4.69, 9.17) is 9.15 Å². The van der Waals surface area contributed by atoms with Crippen LogP contribution in [0.3, 0.4) is 0 Å². The van der Waals surface area contributed by atoms with Crippen molar-refractivity contribution in [3.05, 3.63) is 65.3 Å². The van der Waals surface area contributed by atoms with Gasteiger partial charge in [-0.2, -0.15) is 5.10 Å². The van der Waals surface area contributed by atoms with Crippen molar-refractivity contribution in [1.82, 2.24) is 9.78 Å². The molecule has 0 bridgehead atoms. The summed E-state index contributed by atoms with van der Waals surface area (Å²) >= 11 is 0. The summed E-state index contributed by atoms with van der Waals surface area (Å²) in [6, 6.07) is 11.9. The van der Waals surface area contributed by atoms with Crippen molar-refractivity contribution in [3.8, 4) is 11.5 Å². The van der Waals surface area contributed by atoms with Gasteiger partial charge in [-0.1, -0.05) is 0 Å². The Hall–Kier alpha value is -3.28. The van der Waals surface area contributed by atoms with Crippen molar-refractivity contribution >= 4 is 21.7 Å². The number of hydrogen-bond acceptors (Lipinski definition) is 5. The fourth-order valence-corrected chi connectivity index (χ4v) is 2.68. The second kappa shape index (κ2) is 5.73. The Morgan fingerprint density at radius 1 is 1.12 bits per heavy atom. The monoisotopic (exact) mass is 322 g/mol. The normalized spacial score (nSPS) is 11.2. The fraction of sp³-hybridized carbons (Fsp3) is 0.111. The molecular weight excluding hydrogens is 308 g/mol. The molecule has 0 fully saturated rings. The summed E-state index contributed by atoms with van der Waals surface area (Å²) in [5.41, 5.74) is -0.0307. The molecule has 0 saturated carbocycles. The van der Waals surface area contributed by atoms with Crippen LogP contribution in [-0.4, -0.2) is 21.5 Å². The number of ether oxygens (including phenoxy) is 1. The van der Waals surface area contributed by atoms with Gasteiger partial charge in [0.05, 0.1) is 11.9 Å². The maximum absolute atomic E-state index is 12.1. The summed E-state index contributed by atoms with van der Waals surface area (Å²) in [5, 5.41) is 15.5. The SMILES string of the molecule is O=c1oc2cc(OCCn3cccn3)ccc2c2ccc(O)cc12. The van der Waals surface area contributed by atoms with Gasteiger partial charge in [0.25, 0.3) is 0 Å². The van der Waals surface area contributed by atoms with Crippen LogP contribution < -0.4 is 10.4 Å². The maximum Gasteiger partial charge on any atom is 0.344 e. The molecule has 0 radical (unpaired) electrons. The highest BCUT2D eigenvalue weighted by Gasteiger charge is 2.09. The predicted octanol–water partition coefficient (Wildman–Crippen LogP) is 2.93. The highest BCUT2D eigenvalue weighted by atomic mass is 16.5. The number of aromatic hydroxyl groups is 1. The van der Waals surface area contributed by atoms with Gasteiger partial charge in [0.15, 0.2) is 0 Å². The molecule has 0 unspecified atom stereocenters. The molecule has 6 heteroatoms. The zero-order valence-corrected chi connectivity index (χ0v) is 12.7. The van der Waals surface area contributed by atoms with Crippen LogP contribution in [0.2, 0.25) is 0 Å². The van der Waals surface area contributed by atoms with E-state index in [9.17, 15) is 9.90 Å². The molecule has 0 aliphatic carbocycles. The topological polar surface area (TPSA) is 77.5 Å². The number of rotatable bonds is 4. The minimum Gasteiger partial charge on any atom is -0.508 e. The minimum absolute atomic E-state index is 0.0349. The first-order valence-electron chi connectivity index (χ1n) is 7.50. The Balaban J connectivity index is 1.66. The third-order valence-electron chi connectivity index (χ3n) is 3.82. The number of benzene rings is 2. The van der Waals surface area contributed by atoms with E-state index >= 15 is 0 Å². The molecule has 0 amide bonds. The number of aromatic nitrogens is 2. The van der Waals surface area contributed by atoms with Crippen LogP contribution >= 0.6 is 0 Å². The van der Waals surface area contributed by atoms with Gasteiger partial charge in [-0.3, -0.25) is 4.68 Å². The maximum atomic E-state index is 12.1. The van der Waals surface area contributed by atoms with Gasteiger partial charge >= 0.3 is 5.63 Å². The molecule has 24 heavy (non-hydrogen) atoms. The van der Waals surface area contributed by atoms with E-state index in [1.165, 1.54) is 6.07 Å². The Kier molecular flexibility index (Phi) is 3.42. The molecule has 0 spiro atoms. The lowest BCUT2D eigenvalue weighted by molar-refractivity contribution is 0.291. The second-order valence-corrected chi connectivity index (χ2v) is 5.39. The van der Waals surface area contributed by atoms with Crippen LogP contribution in [0.1, 0.15) is 0 Å². The standard InChI is InChI=1S/C18H14N2O4/c21-12-2-4-14-15-5-3-13(23-9-8-20-7-1-6-19-20)11-17(15)24-18(22)16(14)10-12/h1-7,10-11,21H,8-9H2. The van der Waals surface area contributed by atoms with E-state index in [0.29, 0.717) is 29.9 Å². The first-order chi connectivity index (χ1) is 11.7. The van der Waals surface area contributed by atoms with Gasteiger partial charge in [-0.05, 0) is 36.4 Å². The third-order valence-corrected chi connectivity index (χ3v) is 3.82. The van der Waals surface area contributed by atoms with Crippen LogP contribution in [0.15, 0.2) is 64.1 Å². The van der Waals surface area contributed by atoms with Crippen LogP contribution in [-0.2, 0) is 6.54 Å². The van der Waals surface area contributed by atoms with Crippen LogP contribution in [0.4, 0.5) is 0 Å². The molecular formula is C18H14N2O4. The molecule has 1 N–H and O–H groups in total. The summed E-state index contributed by atoms with van der Waals surface area (Å²) in [6.07, 6.45) is 3.58. The zero-order valence-electron chi connectivity index (χ0n) is 12.7. The van der Waals surface area contributed by atoms with Gasteiger partial charge in [-0.15, -0.1) is 0 Å². The Labute approximate surface area is 136 Å². The Bertz CT molecular complexity index is 1070. The average Bonchev–Trinajstić information content (AvgIpc) is 3.08. The molecule has 0 saturated heterocycles. The lowest BCUT2D eigenvalue weighted by Crippen LogP contribution is -2.08. The minimum atomic E-state index is -0.484. The lowest BCUT2D eigenvalue weighted by atomic mass is 10.1. The highest BCUT2D eigenvalue weighted by Crippen LogP contribution is 2.28. The second-order valence-electron chi connectivity index (χ2n) is 5.39. The zero-order chi connectivity index (χ0) is 16.5. The summed E-state index contributed by atoms with van der Waals surface area (Å²) in [4.78, 5) is 12.1. The van der Waals surface area contributed by atoms with E-state index < -0.39 is 5.63 Å². The summed E-state index contributed by atoms with van der Waals surface area (Å²) in [5.74, 6) is 0.656. The average molecular weight is 322 g/mol. The molecule has 0 aliphatic heterocycles. The third kappa shape index (κ3) is 2.58. The fourth-order valence-electron chi connectivity index (χ4n) is 2.68. The molecule has 2 heterocycles. The molecule has 120 valence electrons. The van der Waals surface area contributed by atoms with Crippen molar-refractivity contribution in [3.63, 3.8) is 0 Å². The molecule has 4 rings (SSSR count). The van der Waals surface area contributed by atoms with Crippen LogP contribution in [0.5, 0.6) is 11.5 Å². The van der Waals surface area contributed by atoms with Crippen molar-refractivity contribution in [2.24, 2.45) is 0 Å². The van der Waals surface area contributed by atoms with Crippen molar-refractivity contribution < 1.29 is 14.3 Å². The number of hydrogen-bond donors (Lipinski definition) is 1. The van der Waals surface area contributed by atoms with Crippen LogP contribution in [0.25, 0.3) is 21.7 Å². The van der Waals surface area contributed by atoms with Crippen molar-refractivity contribution in [2.45, 2.75) is 6.54 Å². The highest BCUT2D eigenvalue weighted by molar-refractivity contribution is 6.04. The summed E-state index contributed by atoms with van der Waals surface area (Å²) in [6.45, 7) is 1.09. The number of nitrogens with zero attached hydrogens (tertiary/aromatic N) is 2. The smallest absolute Gasteiger partial charge is 0.344 e. The lowest BCUT2D eigenvalue weighted by Gasteiger charge is -2.08. The van der Waals surface area contributed by atoms with Crippen LogP contribution in [0, 0.1) is 0 Å². The van der Waals surface area contributed by atoms with E-state index in [0.717, 1.165) is 10.8 Å². The Morgan fingerprint density at radius 3 is 2.83 bits per heavy atom. The summed E-state index contributed by atoms with van der Waals surface area (Å²) in [7, 11) is 0. The molecule has 0 atom stereocenters.